The first-order valence-electron chi connectivity index (χ1n) is 11.9. The summed E-state index contributed by atoms with van der Waals surface area (Å²) in [6, 6.07) is 17.7. The lowest BCUT2D eigenvalue weighted by Gasteiger charge is -2.20. The van der Waals surface area contributed by atoms with Crippen LogP contribution in [0.25, 0.3) is 11.1 Å². The van der Waals surface area contributed by atoms with Gasteiger partial charge in [-0.1, -0.05) is 49.7 Å². The number of hydrogen-bond donors (Lipinski definition) is 0. The molecule has 0 aromatic heterocycles. The maximum atomic E-state index is 9.81. The van der Waals surface area contributed by atoms with Gasteiger partial charge in [0, 0.05) is 32.7 Å². The molecule has 31 heavy (non-hydrogen) atoms. The van der Waals surface area contributed by atoms with Gasteiger partial charge in [0.05, 0.1) is 11.6 Å². The predicted molar refractivity (Wildman–Crippen MR) is 128 cm³/mol. The van der Waals surface area contributed by atoms with Gasteiger partial charge < -0.3 is 4.90 Å². The predicted octanol–water partition coefficient (Wildman–Crippen LogP) is 4.59. The zero-order valence-corrected chi connectivity index (χ0v) is 19.2. The van der Waals surface area contributed by atoms with Crippen molar-refractivity contribution in [1.82, 2.24) is 14.7 Å². The van der Waals surface area contributed by atoms with Gasteiger partial charge in [-0.15, -0.1) is 0 Å². The first-order valence-corrected chi connectivity index (χ1v) is 11.9. The molecule has 2 aromatic carbocycles. The van der Waals surface area contributed by atoms with Crippen molar-refractivity contribution in [2.45, 2.75) is 39.3 Å². The van der Waals surface area contributed by atoms with E-state index in [1.54, 1.807) is 0 Å². The summed E-state index contributed by atoms with van der Waals surface area (Å²) in [5, 5.41) is 9.81. The molecule has 1 atom stereocenters. The average Bonchev–Trinajstić information content (AvgIpc) is 3.15. The van der Waals surface area contributed by atoms with Crippen LogP contribution in [0.3, 0.4) is 0 Å². The molecule has 164 valence electrons. The van der Waals surface area contributed by atoms with Crippen molar-refractivity contribution in [3.8, 4) is 17.2 Å². The molecule has 2 aliphatic rings. The van der Waals surface area contributed by atoms with Gasteiger partial charge in [-0.2, -0.15) is 5.26 Å². The van der Waals surface area contributed by atoms with E-state index in [0.29, 0.717) is 0 Å². The van der Waals surface area contributed by atoms with Gasteiger partial charge in [-0.3, -0.25) is 9.80 Å². The Hall–Kier alpha value is -2.19. The van der Waals surface area contributed by atoms with E-state index in [1.807, 2.05) is 0 Å². The normalized spacial score (nSPS) is 21.1. The Balaban J connectivity index is 1.42. The number of nitrogens with zero attached hydrogens (tertiary/aromatic N) is 4. The highest BCUT2D eigenvalue weighted by Crippen LogP contribution is 2.27. The standard InChI is InChI=1S/C27H36N4/c1-3-22-11-14-31(19-22)20-23-5-8-25(9-6-23)27-10-7-24(17-26(27)18-28)21-30-13-4-12-29(2)15-16-30/h5-10,17,22H,3-4,11-16,19-21H2,1-2H3. The fraction of sp³-hybridized carbons (Fsp3) is 0.519. The van der Waals surface area contributed by atoms with Crippen molar-refractivity contribution in [3.63, 3.8) is 0 Å². The Morgan fingerprint density at radius 1 is 0.903 bits per heavy atom. The molecule has 0 radical (unpaired) electrons. The summed E-state index contributed by atoms with van der Waals surface area (Å²) in [6.07, 6.45) is 3.83. The van der Waals surface area contributed by atoms with Gasteiger partial charge in [-0.05, 0) is 73.8 Å². The summed E-state index contributed by atoms with van der Waals surface area (Å²) < 4.78 is 0. The van der Waals surface area contributed by atoms with Crippen molar-refractivity contribution in [3.05, 3.63) is 59.2 Å². The van der Waals surface area contributed by atoms with Gasteiger partial charge in [-0.25, -0.2) is 0 Å². The largest absolute Gasteiger partial charge is 0.305 e. The molecule has 2 saturated heterocycles. The highest BCUT2D eigenvalue weighted by molar-refractivity contribution is 5.71. The van der Waals surface area contributed by atoms with Crippen LogP contribution in [0.1, 0.15) is 42.9 Å². The van der Waals surface area contributed by atoms with Crippen LogP contribution in [0.4, 0.5) is 0 Å². The van der Waals surface area contributed by atoms with E-state index in [0.717, 1.165) is 55.3 Å². The Morgan fingerprint density at radius 3 is 2.42 bits per heavy atom. The number of likely N-dealkylation sites (tertiary alicyclic amines) is 1. The first kappa shape index (κ1) is 22.0. The van der Waals surface area contributed by atoms with Gasteiger partial charge in [0.2, 0.25) is 0 Å². The monoisotopic (exact) mass is 416 g/mol. The van der Waals surface area contributed by atoms with Crippen molar-refractivity contribution in [1.29, 1.82) is 5.26 Å². The summed E-state index contributed by atoms with van der Waals surface area (Å²) >= 11 is 0. The van der Waals surface area contributed by atoms with E-state index in [-0.39, 0.29) is 0 Å². The second-order valence-electron chi connectivity index (χ2n) is 9.42. The van der Waals surface area contributed by atoms with E-state index in [2.05, 4.69) is 77.2 Å². The summed E-state index contributed by atoms with van der Waals surface area (Å²) in [4.78, 5) is 7.48. The van der Waals surface area contributed by atoms with Crippen molar-refractivity contribution in [2.75, 3.05) is 46.3 Å². The second kappa shape index (κ2) is 10.4. The quantitative estimate of drug-likeness (QED) is 0.689. The van der Waals surface area contributed by atoms with E-state index in [4.69, 9.17) is 0 Å². The van der Waals surface area contributed by atoms with Crippen LogP contribution in [-0.4, -0.2) is 61.0 Å². The third-order valence-corrected chi connectivity index (χ3v) is 7.04. The van der Waals surface area contributed by atoms with Crippen LogP contribution in [-0.2, 0) is 13.1 Å². The molecular formula is C27H36N4. The van der Waals surface area contributed by atoms with Crippen LogP contribution in [0, 0.1) is 17.2 Å². The maximum Gasteiger partial charge on any atom is 0.0998 e. The van der Waals surface area contributed by atoms with Crippen LogP contribution >= 0.6 is 0 Å². The Kier molecular flexibility index (Phi) is 7.40. The molecule has 0 saturated carbocycles. The minimum atomic E-state index is 0.780. The van der Waals surface area contributed by atoms with Crippen molar-refractivity contribution < 1.29 is 0 Å². The van der Waals surface area contributed by atoms with Gasteiger partial charge in [0.1, 0.15) is 0 Å². The summed E-state index contributed by atoms with van der Waals surface area (Å²) in [6.45, 7) is 11.2. The minimum absolute atomic E-state index is 0.780. The third kappa shape index (κ3) is 5.74. The zero-order valence-electron chi connectivity index (χ0n) is 19.2. The van der Waals surface area contributed by atoms with Crippen LogP contribution < -0.4 is 0 Å². The number of benzene rings is 2. The van der Waals surface area contributed by atoms with Crippen LogP contribution in [0.5, 0.6) is 0 Å². The molecule has 1 unspecified atom stereocenters. The number of nitriles is 1. The minimum Gasteiger partial charge on any atom is -0.305 e. The molecule has 4 nitrogen and oxygen atoms in total. The lowest BCUT2D eigenvalue weighted by atomic mass is 9.97. The SMILES string of the molecule is CCC1CCN(Cc2ccc(-c3ccc(CN4CCCN(C)CC4)cc3C#N)cc2)C1. The summed E-state index contributed by atoms with van der Waals surface area (Å²) in [5.74, 6) is 0.867. The molecule has 0 aliphatic carbocycles. The molecule has 0 spiro atoms. The summed E-state index contributed by atoms with van der Waals surface area (Å²) in [5.41, 5.74) is 5.56. The number of rotatable bonds is 6. The highest BCUT2D eigenvalue weighted by Gasteiger charge is 2.20. The lowest BCUT2D eigenvalue weighted by molar-refractivity contribution is 0.269. The smallest absolute Gasteiger partial charge is 0.0998 e. The topological polar surface area (TPSA) is 33.5 Å². The van der Waals surface area contributed by atoms with Crippen molar-refractivity contribution >= 4 is 0 Å². The van der Waals surface area contributed by atoms with Gasteiger partial charge in [0.25, 0.3) is 0 Å². The average molecular weight is 417 g/mol. The lowest BCUT2D eigenvalue weighted by Crippen LogP contribution is -2.28. The molecule has 2 heterocycles. The fourth-order valence-electron chi connectivity index (χ4n) is 4.99. The van der Waals surface area contributed by atoms with Gasteiger partial charge in [0.15, 0.2) is 0 Å². The Labute approximate surface area is 188 Å². The van der Waals surface area contributed by atoms with E-state index >= 15 is 0 Å². The number of likely N-dealkylation sites (N-methyl/N-ethyl adjacent to an activating group) is 1. The van der Waals surface area contributed by atoms with Gasteiger partial charge >= 0.3 is 0 Å². The maximum absolute atomic E-state index is 9.81. The van der Waals surface area contributed by atoms with E-state index in [9.17, 15) is 5.26 Å². The third-order valence-electron chi connectivity index (χ3n) is 7.04. The molecule has 2 aliphatic heterocycles. The Morgan fingerprint density at radius 2 is 1.68 bits per heavy atom. The molecule has 0 amide bonds. The van der Waals surface area contributed by atoms with Crippen LogP contribution in [0.15, 0.2) is 42.5 Å². The highest BCUT2D eigenvalue weighted by atomic mass is 15.2. The molecule has 2 fully saturated rings. The van der Waals surface area contributed by atoms with Crippen molar-refractivity contribution in [2.24, 2.45) is 5.92 Å². The second-order valence-corrected chi connectivity index (χ2v) is 9.42. The fourth-order valence-corrected chi connectivity index (χ4v) is 4.99. The van der Waals surface area contributed by atoms with Crippen LogP contribution in [0.2, 0.25) is 0 Å². The molecule has 4 heteroatoms. The number of hydrogen-bond acceptors (Lipinski definition) is 4. The summed E-state index contributed by atoms with van der Waals surface area (Å²) in [7, 11) is 2.20. The molecule has 0 bridgehead atoms. The van der Waals surface area contributed by atoms with E-state index < -0.39 is 0 Å². The Bertz CT molecular complexity index is 898. The molecular weight excluding hydrogens is 380 g/mol. The first-order chi connectivity index (χ1) is 15.1. The zero-order chi connectivity index (χ0) is 21.6. The molecule has 0 N–H and O–H groups in total. The molecule has 2 aromatic rings. The van der Waals surface area contributed by atoms with E-state index in [1.165, 1.54) is 50.0 Å². The molecule has 4 rings (SSSR count).